The molecule has 4 nitrogen and oxygen atoms in total. The van der Waals surface area contributed by atoms with Gasteiger partial charge in [-0.05, 0) is 26.3 Å². The number of nitrogens with zero attached hydrogens (tertiary/aromatic N) is 3. The summed E-state index contributed by atoms with van der Waals surface area (Å²) in [4.78, 5) is 4.11. The Balaban J connectivity index is 2.58. The molecule has 0 saturated heterocycles. The predicted octanol–water partition coefficient (Wildman–Crippen LogP) is 2.55. The number of halogens is 3. The molecule has 1 aromatic heterocycles. The lowest BCUT2D eigenvalue weighted by atomic mass is 10.1. The van der Waals surface area contributed by atoms with Gasteiger partial charge >= 0.3 is 6.18 Å². The van der Waals surface area contributed by atoms with Gasteiger partial charge in [0.05, 0.1) is 0 Å². The second-order valence-corrected chi connectivity index (χ2v) is 4.50. The molecule has 1 unspecified atom stereocenters. The lowest BCUT2D eigenvalue weighted by Crippen LogP contribution is -2.34. The summed E-state index contributed by atoms with van der Waals surface area (Å²) in [6.07, 6.45) is -1.99. The van der Waals surface area contributed by atoms with Crippen LogP contribution in [0.4, 0.5) is 13.2 Å². The van der Waals surface area contributed by atoms with E-state index in [1.54, 1.807) is 4.68 Å². The van der Waals surface area contributed by atoms with E-state index in [-0.39, 0.29) is 12.5 Å². The maximum absolute atomic E-state index is 12.3. The van der Waals surface area contributed by atoms with Crippen LogP contribution in [0, 0.1) is 0 Å². The van der Waals surface area contributed by atoms with E-state index in [0.29, 0.717) is 19.5 Å². The SMILES string of the molecule is CCCNC(CCC(F)(F)F)Cc1ncnn1CC. The Morgan fingerprint density at radius 3 is 2.68 bits per heavy atom. The minimum Gasteiger partial charge on any atom is -0.314 e. The first-order valence-corrected chi connectivity index (χ1v) is 6.63. The van der Waals surface area contributed by atoms with Crippen molar-refractivity contribution < 1.29 is 13.2 Å². The van der Waals surface area contributed by atoms with Crippen LogP contribution in [0.1, 0.15) is 38.9 Å². The third-order valence-electron chi connectivity index (χ3n) is 2.88. The van der Waals surface area contributed by atoms with Gasteiger partial charge in [-0.3, -0.25) is 4.68 Å². The maximum atomic E-state index is 12.3. The highest BCUT2D eigenvalue weighted by atomic mass is 19.4. The largest absolute Gasteiger partial charge is 0.389 e. The molecule has 1 rings (SSSR count). The average molecular weight is 278 g/mol. The molecule has 0 aliphatic rings. The van der Waals surface area contributed by atoms with E-state index in [9.17, 15) is 13.2 Å². The molecule has 0 aliphatic carbocycles. The van der Waals surface area contributed by atoms with Crippen molar-refractivity contribution in [3.05, 3.63) is 12.2 Å². The van der Waals surface area contributed by atoms with Crippen LogP contribution in [0.3, 0.4) is 0 Å². The molecular weight excluding hydrogens is 257 g/mol. The van der Waals surface area contributed by atoms with Gasteiger partial charge in [0.15, 0.2) is 0 Å². The summed E-state index contributed by atoms with van der Waals surface area (Å²) >= 11 is 0. The Kier molecular flexibility index (Phi) is 6.27. The summed E-state index contributed by atoms with van der Waals surface area (Å²) in [7, 11) is 0. The van der Waals surface area contributed by atoms with Gasteiger partial charge < -0.3 is 5.32 Å². The van der Waals surface area contributed by atoms with Crippen molar-refractivity contribution in [1.82, 2.24) is 20.1 Å². The fourth-order valence-corrected chi connectivity index (χ4v) is 1.89. The molecule has 0 aromatic carbocycles. The number of aryl methyl sites for hydroxylation is 1. The first-order chi connectivity index (χ1) is 8.96. The lowest BCUT2D eigenvalue weighted by molar-refractivity contribution is -0.136. The van der Waals surface area contributed by atoms with Crippen molar-refractivity contribution in [2.45, 2.75) is 58.3 Å². The molecule has 1 atom stereocenters. The van der Waals surface area contributed by atoms with E-state index in [1.807, 2.05) is 13.8 Å². The van der Waals surface area contributed by atoms with Gasteiger partial charge in [-0.25, -0.2) is 4.98 Å². The molecule has 0 radical (unpaired) electrons. The van der Waals surface area contributed by atoms with Crippen molar-refractivity contribution in [2.24, 2.45) is 0 Å². The molecule has 110 valence electrons. The summed E-state index contributed by atoms with van der Waals surface area (Å²) in [6, 6.07) is -0.212. The summed E-state index contributed by atoms with van der Waals surface area (Å²) in [5, 5.41) is 7.18. The van der Waals surface area contributed by atoms with Gasteiger partial charge in [-0.15, -0.1) is 0 Å². The van der Waals surface area contributed by atoms with Gasteiger partial charge in [0.1, 0.15) is 12.2 Å². The smallest absolute Gasteiger partial charge is 0.314 e. The zero-order valence-electron chi connectivity index (χ0n) is 11.4. The summed E-state index contributed by atoms with van der Waals surface area (Å²) in [6.45, 7) is 5.31. The summed E-state index contributed by atoms with van der Waals surface area (Å²) < 4.78 is 38.6. The molecule has 0 bridgehead atoms. The van der Waals surface area contributed by atoms with Crippen LogP contribution in [0.25, 0.3) is 0 Å². The van der Waals surface area contributed by atoms with Gasteiger partial charge in [0.2, 0.25) is 0 Å². The maximum Gasteiger partial charge on any atom is 0.389 e. The number of rotatable bonds is 8. The normalized spacial score (nSPS) is 13.7. The van der Waals surface area contributed by atoms with Crippen LogP contribution < -0.4 is 5.32 Å². The quantitative estimate of drug-likeness (QED) is 0.794. The Bertz CT molecular complexity index is 362. The third-order valence-corrected chi connectivity index (χ3v) is 2.88. The molecule has 0 saturated carbocycles. The van der Waals surface area contributed by atoms with Crippen LogP contribution in [-0.4, -0.2) is 33.5 Å². The highest BCUT2D eigenvalue weighted by Gasteiger charge is 2.28. The van der Waals surface area contributed by atoms with E-state index in [0.717, 1.165) is 12.2 Å². The molecule has 7 heteroatoms. The van der Waals surface area contributed by atoms with Crippen molar-refractivity contribution in [3.8, 4) is 0 Å². The number of aromatic nitrogens is 3. The van der Waals surface area contributed by atoms with Crippen molar-refractivity contribution in [3.63, 3.8) is 0 Å². The van der Waals surface area contributed by atoms with E-state index >= 15 is 0 Å². The molecule has 0 aliphatic heterocycles. The average Bonchev–Trinajstić information content (AvgIpc) is 2.78. The van der Waals surface area contributed by atoms with Crippen molar-refractivity contribution >= 4 is 0 Å². The zero-order valence-corrected chi connectivity index (χ0v) is 11.4. The molecule has 0 spiro atoms. The topological polar surface area (TPSA) is 42.7 Å². The van der Waals surface area contributed by atoms with Crippen molar-refractivity contribution in [1.29, 1.82) is 0 Å². The molecule has 0 amide bonds. The molecule has 1 aromatic rings. The van der Waals surface area contributed by atoms with Crippen LogP contribution >= 0.6 is 0 Å². The predicted molar refractivity (Wildman–Crippen MR) is 66.8 cm³/mol. The first kappa shape index (κ1) is 15.9. The monoisotopic (exact) mass is 278 g/mol. The molecule has 1 heterocycles. The second-order valence-electron chi connectivity index (χ2n) is 4.50. The minimum absolute atomic E-state index is 0.0695. The van der Waals surface area contributed by atoms with Crippen LogP contribution in [0.5, 0.6) is 0 Å². The van der Waals surface area contributed by atoms with Crippen LogP contribution in [0.15, 0.2) is 6.33 Å². The minimum atomic E-state index is -4.11. The Morgan fingerprint density at radius 1 is 1.37 bits per heavy atom. The van der Waals surface area contributed by atoms with Crippen molar-refractivity contribution in [2.75, 3.05) is 6.54 Å². The Morgan fingerprint density at radius 2 is 2.11 bits per heavy atom. The van der Waals surface area contributed by atoms with Crippen LogP contribution in [0.2, 0.25) is 0 Å². The second kappa shape index (κ2) is 7.47. The first-order valence-electron chi connectivity index (χ1n) is 6.63. The molecule has 1 N–H and O–H groups in total. The van der Waals surface area contributed by atoms with Gasteiger partial charge in [0, 0.05) is 25.4 Å². The fourth-order valence-electron chi connectivity index (χ4n) is 1.89. The van der Waals surface area contributed by atoms with E-state index < -0.39 is 12.6 Å². The van der Waals surface area contributed by atoms with Crippen LogP contribution in [-0.2, 0) is 13.0 Å². The number of hydrogen-bond acceptors (Lipinski definition) is 3. The number of nitrogens with one attached hydrogen (secondary N) is 1. The Labute approximate surface area is 111 Å². The molecule has 0 fully saturated rings. The number of hydrogen-bond donors (Lipinski definition) is 1. The van der Waals surface area contributed by atoms with Gasteiger partial charge in [-0.1, -0.05) is 6.92 Å². The highest BCUT2D eigenvalue weighted by molar-refractivity contribution is 4.90. The van der Waals surface area contributed by atoms with Gasteiger partial charge in [-0.2, -0.15) is 18.3 Å². The zero-order chi connectivity index (χ0) is 14.3. The molecule has 19 heavy (non-hydrogen) atoms. The van der Waals surface area contributed by atoms with E-state index in [2.05, 4.69) is 15.4 Å². The standard InChI is InChI=1S/C12H21F3N4/c1-3-7-16-10(5-6-12(13,14)15)8-11-17-9-18-19(11)4-2/h9-10,16H,3-8H2,1-2H3. The number of alkyl halides is 3. The third kappa shape index (κ3) is 6.04. The molecular formula is C12H21F3N4. The summed E-state index contributed by atoms with van der Waals surface area (Å²) in [5.41, 5.74) is 0. The fraction of sp³-hybridized carbons (Fsp3) is 0.833. The van der Waals surface area contributed by atoms with E-state index in [1.165, 1.54) is 6.33 Å². The summed E-state index contributed by atoms with van der Waals surface area (Å²) in [5.74, 6) is 0.735. The highest BCUT2D eigenvalue weighted by Crippen LogP contribution is 2.23. The lowest BCUT2D eigenvalue weighted by Gasteiger charge is -2.19. The van der Waals surface area contributed by atoms with E-state index in [4.69, 9.17) is 0 Å². The Hall–Kier alpha value is -1.11. The van der Waals surface area contributed by atoms with Gasteiger partial charge in [0.25, 0.3) is 0 Å².